The predicted molar refractivity (Wildman–Crippen MR) is 79.2 cm³/mol. The van der Waals surface area contributed by atoms with E-state index in [1.54, 1.807) is 17.6 Å². The summed E-state index contributed by atoms with van der Waals surface area (Å²) in [5.74, 6) is 0. The number of urea groups is 1. The van der Waals surface area contributed by atoms with Gasteiger partial charge in [0.1, 0.15) is 12.7 Å². The topological polar surface area (TPSA) is 89.1 Å². The first kappa shape index (κ1) is 13.4. The van der Waals surface area contributed by atoms with Gasteiger partial charge in [-0.05, 0) is 31.0 Å². The van der Waals surface area contributed by atoms with Gasteiger partial charge in [0.2, 0.25) is 0 Å². The van der Waals surface area contributed by atoms with Crippen LogP contribution in [0.15, 0.2) is 36.9 Å². The minimum absolute atomic E-state index is 0.331. The van der Waals surface area contributed by atoms with Gasteiger partial charge in [-0.3, -0.25) is 4.57 Å². The van der Waals surface area contributed by atoms with E-state index in [0.717, 1.165) is 24.2 Å². The molecule has 1 aliphatic rings. The molecule has 21 heavy (non-hydrogen) atoms. The molecule has 1 aromatic heterocycles. The summed E-state index contributed by atoms with van der Waals surface area (Å²) in [5, 5.41) is 11.1. The number of nitrogens with one attached hydrogen (secondary N) is 1. The summed E-state index contributed by atoms with van der Waals surface area (Å²) in [7, 11) is 0. The van der Waals surface area contributed by atoms with E-state index in [1.165, 1.54) is 0 Å². The van der Waals surface area contributed by atoms with Crippen LogP contribution in [0.5, 0.6) is 0 Å². The van der Waals surface area contributed by atoms with Crippen molar-refractivity contribution in [3.8, 4) is 5.69 Å². The summed E-state index contributed by atoms with van der Waals surface area (Å²) in [5.41, 5.74) is 7.36. The second-order valence-electron chi connectivity index (χ2n) is 5.16. The lowest BCUT2D eigenvalue weighted by Crippen LogP contribution is -2.44. The number of amides is 2. The van der Waals surface area contributed by atoms with E-state index in [9.17, 15) is 4.79 Å². The third-order valence-electron chi connectivity index (χ3n) is 3.74. The molecule has 0 radical (unpaired) electrons. The molecule has 2 aromatic rings. The fraction of sp³-hybridized carbons (Fsp3) is 0.357. The van der Waals surface area contributed by atoms with Crippen molar-refractivity contribution >= 4 is 11.7 Å². The Kier molecular flexibility index (Phi) is 3.72. The summed E-state index contributed by atoms with van der Waals surface area (Å²) in [4.78, 5) is 12.8. The molecule has 0 unspecified atom stereocenters. The predicted octanol–water partition coefficient (Wildman–Crippen LogP) is 1.22. The third kappa shape index (κ3) is 3.13. The van der Waals surface area contributed by atoms with Crippen molar-refractivity contribution in [1.29, 1.82) is 0 Å². The molecule has 1 saturated heterocycles. The number of benzene rings is 1. The van der Waals surface area contributed by atoms with Crippen LogP contribution < -0.4 is 11.1 Å². The summed E-state index contributed by atoms with van der Waals surface area (Å²) in [6.45, 7) is 1.41. The average Bonchev–Trinajstić information content (AvgIpc) is 3.02. The largest absolute Gasteiger partial charge is 0.382 e. The van der Waals surface area contributed by atoms with Gasteiger partial charge in [0.05, 0.1) is 5.69 Å². The highest BCUT2D eigenvalue weighted by molar-refractivity contribution is 5.72. The van der Waals surface area contributed by atoms with Crippen LogP contribution in [0.4, 0.5) is 10.5 Å². The van der Waals surface area contributed by atoms with Crippen molar-refractivity contribution in [2.24, 2.45) is 5.73 Å². The number of nitrogens with zero attached hydrogens (tertiary/aromatic N) is 4. The Balaban J connectivity index is 1.64. The molecule has 110 valence electrons. The highest BCUT2D eigenvalue weighted by atomic mass is 16.2. The van der Waals surface area contributed by atoms with Crippen LogP contribution in [0, 0.1) is 0 Å². The van der Waals surface area contributed by atoms with E-state index in [4.69, 9.17) is 5.73 Å². The van der Waals surface area contributed by atoms with Crippen LogP contribution in [-0.2, 0) is 0 Å². The van der Waals surface area contributed by atoms with Crippen LogP contribution in [0.1, 0.15) is 12.8 Å². The maximum atomic E-state index is 11.1. The summed E-state index contributed by atoms with van der Waals surface area (Å²) in [6.07, 6.45) is 5.15. The molecule has 0 bridgehead atoms. The van der Waals surface area contributed by atoms with Gasteiger partial charge in [0.15, 0.2) is 0 Å². The Morgan fingerprint density at radius 1 is 1.24 bits per heavy atom. The Bertz CT molecular complexity index is 604. The molecule has 3 N–H and O–H groups in total. The van der Waals surface area contributed by atoms with Gasteiger partial charge in [-0.2, -0.15) is 0 Å². The number of likely N-dealkylation sites (tertiary alicyclic amines) is 1. The van der Waals surface area contributed by atoms with Crippen LogP contribution >= 0.6 is 0 Å². The van der Waals surface area contributed by atoms with Crippen molar-refractivity contribution in [3.05, 3.63) is 36.9 Å². The molecule has 1 aliphatic heterocycles. The minimum atomic E-state index is -0.331. The maximum absolute atomic E-state index is 11.1. The zero-order chi connectivity index (χ0) is 14.7. The van der Waals surface area contributed by atoms with Crippen LogP contribution in [0.2, 0.25) is 0 Å². The molecule has 3 rings (SSSR count). The first-order valence-corrected chi connectivity index (χ1v) is 6.98. The molecule has 0 saturated carbocycles. The molecule has 0 aliphatic carbocycles. The number of carbonyl (C=O) groups excluding carboxylic acids is 1. The highest BCUT2D eigenvalue weighted by Gasteiger charge is 2.20. The average molecular weight is 286 g/mol. The van der Waals surface area contributed by atoms with Crippen LogP contribution in [-0.4, -0.2) is 44.8 Å². The number of piperidine rings is 1. The smallest absolute Gasteiger partial charge is 0.314 e. The molecule has 7 nitrogen and oxygen atoms in total. The monoisotopic (exact) mass is 286 g/mol. The molecule has 2 heterocycles. The molecule has 0 spiro atoms. The quantitative estimate of drug-likeness (QED) is 0.888. The Hall–Kier alpha value is -2.57. The minimum Gasteiger partial charge on any atom is -0.382 e. The fourth-order valence-electron chi connectivity index (χ4n) is 2.57. The lowest BCUT2D eigenvalue weighted by Gasteiger charge is -2.31. The van der Waals surface area contributed by atoms with Gasteiger partial charge >= 0.3 is 6.03 Å². The van der Waals surface area contributed by atoms with Gasteiger partial charge in [-0.15, -0.1) is 10.2 Å². The zero-order valence-electron chi connectivity index (χ0n) is 11.6. The summed E-state index contributed by atoms with van der Waals surface area (Å²) >= 11 is 0. The molecule has 1 fully saturated rings. The number of hydrogen-bond acceptors (Lipinski definition) is 4. The first-order chi connectivity index (χ1) is 10.2. The van der Waals surface area contributed by atoms with E-state index in [2.05, 4.69) is 21.6 Å². The fourth-order valence-corrected chi connectivity index (χ4v) is 2.57. The Labute approximate surface area is 122 Å². The normalized spacial score (nSPS) is 15.9. The number of aromatic nitrogens is 3. The number of primary amides is 1. The van der Waals surface area contributed by atoms with E-state index in [0.29, 0.717) is 19.1 Å². The van der Waals surface area contributed by atoms with Gasteiger partial charge in [-0.1, -0.05) is 6.07 Å². The van der Waals surface area contributed by atoms with Crippen LogP contribution in [0.25, 0.3) is 5.69 Å². The molecule has 2 amide bonds. The van der Waals surface area contributed by atoms with Crippen molar-refractivity contribution < 1.29 is 4.79 Å². The van der Waals surface area contributed by atoms with Crippen molar-refractivity contribution in [1.82, 2.24) is 19.7 Å². The second-order valence-corrected chi connectivity index (χ2v) is 5.16. The number of anilines is 1. The number of nitrogens with two attached hydrogens (primary N) is 1. The molecular weight excluding hydrogens is 268 g/mol. The third-order valence-corrected chi connectivity index (χ3v) is 3.74. The number of hydrogen-bond donors (Lipinski definition) is 2. The summed E-state index contributed by atoms with van der Waals surface area (Å²) < 4.78 is 1.86. The maximum Gasteiger partial charge on any atom is 0.314 e. The molecular formula is C14H18N6O. The van der Waals surface area contributed by atoms with Crippen molar-refractivity contribution in [3.63, 3.8) is 0 Å². The Morgan fingerprint density at radius 3 is 2.62 bits per heavy atom. The van der Waals surface area contributed by atoms with Crippen molar-refractivity contribution in [2.75, 3.05) is 18.4 Å². The standard InChI is InChI=1S/C14H18N6O/c15-14(21)19-6-4-11(5-7-19)18-12-2-1-3-13(8-12)20-9-16-17-10-20/h1-3,8-11,18H,4-7H2,(H2,15,21). The van der Waals surface area contributed by atoms with Gasteiger partial charge in [0, 0.05) is 24.8 Å². The SMILES string of the molecule is NC(=O)N1CCC(Nc2cccc(-n3cnnc3)c2)CC1. The van der Waals surface area contributed by atoms with Crippen molar-refractivity contribution in [2.45, 2.75) is 18.9 Å². The van der Waals surface area contributed by atoms with E-state index >= 15 is 0 Å². The number of carbonyl (C=O) groups is 1. The van der Waals surface area contributed by atoms with E-state index in [-0.39, 0.29) is 6.03 Å². The van der Waals surface area contributed by atoms with Gasteiger partial charge < -0.3 is 16.0 Å². The zero-order valence-corrected chi connectivity index (χ0v) is 11.6. The lowest BCUT2D eigenvalue weighted by molar-refractivity contribution is 0.193. The molecule has 0 atom stereocenters. The van der Waals surface area contributed by atoms with Gasteiger partial charge in [0.25, 0.3) is 0 Å². The van der Waals surface area contributed by atoms with E-state index in [1.807, 2.05) is 22.8 Å². The Morgan fingerprint density at radius 2 is 1.95 bits per heavy atom. The number of rotatable bonds is 3. The molecule has 7 heteroatoms. The van der Waals surface area contributed by atoms with Gasteiger partial charge in [-0.25, -0.2) is 4.79 Å². The second kappa shape index (κ2) is 5.82. The lowest BCUT2D eigenvalue weighted by atomic mass is 10.0. The molecule has 1 aromatic carbocycles. The first-order valence-electron chi connectivity index (χ1n) is 6.98. The van der Waals surface area contributed by atoms with Crippen LogP contribution in [0.3, 0.4) is 0 Å². The van der Waals surface area contributed by atoms with E-state index < -0.39 is 0 Å². The summed E-state index contributed by atoms with van der Waals surface area (Å²) in [6, 6.07) is 8.12. The highest BCUT2D eigenvalue weighted by Crippen LogP contribution is 2.19.